The van der Waals surface area contributed by atoms with Gasteiger partial charge in [-0.2, -0.15) is 0 Å². The van der Waals surface area contributed by atoms with E-state index in [1.807, 2.05) is 11.1 Å². The van der Waals surface area contributed by atoms with Gasteiger partial charge in [-0.15, -0.1) is 0 Å². The molecule has 37 heavy (non-hydrogen) atoms. The maximum absolute atomic E-state index is 2.56. The molecule has 5 atom stereocenters. The van der Waals surface area contributed by atoms with Crippen LogP contribution in [0.1, 0.15) is 114 Å². The van der Waals surface area contributed by atoms with Crippen LogP contribution in [-0.2, 0) is 5.31 Å². The van der Waals surface area contributed by atoms with Crippen LogP contribution in [-0.4, -0.2) is 6.71 Å². The van der Waals surface area contributed by atoms with E-state index < -0.39 is 0 Å². The van der Waals surface area contributed by atoms with Gasteiger partial charge < -0.3 is 0 Å². The Labute approximate surface area is 225 Å². The van der Waals surface area contributed by atoms with Gasteiger partial charge in [0, 0.05) is 0 Å². The lowest BCUT2D eigenvalue weighted by molar-refractivity contribution is 0.257. The van der Waals surface area contributed by atoms with Crippen molar-refractivity contribution in [3.63, 3.8) is 0 Å². The predicted octanol–water partition coefficient (Wildman–Crippen LogP) is 10.2. The maximum atomic E-state index is 2.56. The Morgan fingerprint density at radius 3 is 2.08 bits per heavy atom. The van der Waals surface area contributed by atoms with E-state index in [4.69, 9.17) is 0 Å². The van der Waals surface area contributed by atoms with Crippen LogP contribution in [0.5, 0.6) is 0 Å². The highest BCUT2D eigenvalue weighted by Crippen LogP contribution is 2.67. The maximum Gasteiger partial charge on any atom is 0.164 e. The Hall–Kier alpha value is -1.76. The molecule has 2 saturated heterocycles. The first-order valence-electron chi connectivity index (χ1n) is 16.3. The topological polar surface area (TPSA) is 0 Å². The number of allylic oxidation sites excluding steroid dienone is 2. The predicted molar refractivity (Wildman–Crippen MR) is 157 cm³/mol. The van der Waals surface area contributed by atoms with Crippen LogP contribution in [0.4, 0.5) is 0 Å². The van der Waals surface area contributed by atoms with Gasteiger partial charge in [-0.3, -0.25) is 0 Å². The molecular formula is C36H45B. The molecule has 4 fully saturated rings. The summed E-state index contributed by atoms with van der Waals surface area (Å²) in [6.07, 6.45) is 23.6. The first-order chi connectivity index (χ1) is 18.4. The highest BCUT2D eigenvalue weighted by atomic mass is 14.5. The minimum Gasteiger partial charge on any atom is -0.0677 e. The van der Waals surface area contributed by atoms with Gasteiger partial charge in [0.25, 0.3) is 0 Å². The first-order valence-corrected chi connectivity index (χ1v) is 16.3. The zero-order valence-corrected chi connectivity index (χ0v) is 22.9. The van der Waals surface area contributed by atoms with Crippen molar-refractivity contribution in [3.8, 4) is 11.1 Å². The highest BCUT2D eigenvalue weighted by Gasteiger charge is 2.61. The van der Waals surface area contributed by atoms with Crippen molar-refractivity contribution >= 4 is 6.71 Å². The second-order valence-corrected chi connectivity index (χ2v) is 13.9. The van der Waals surface area contributed by atoms with Crippen molar-refractivity contribution in [3.05, 3.63) is 70.8 Å². The molecular weight excluding hydrogens is 443 g/mol. The van der Waals surface area contributed by atoms with Crippen LogP contribution in [0, 0.1) is 17.8 Å². The Morgan fingerprint density at radius 2 is 1.27 bits per heavy atom. The summed E-state index contributed by atoms with van der Waals surface area (Å²) in [6.45, 7) is 0.833. The molecule has 0 amide bonds. The molecule has 0 radical (unpaired) electrons. The van der Waals surface area contributed by atoms with Crippen LogP contribution in [0.3, 0.4) is 0 Å². The van der Waals surface area contributed by atoms with Gasteiger partial charge in [0.1, 0.15) is 0 Å². The average Bonchev–Trinajstić information content (AvgIpc) is 3.26. The monoisotopic (exact) mass is 488 g/mol. The number of rotatable bonds is 0. The Kier molecular flexibility index (Phi) is 5.74. The van der Waals surface area contributed by atoms with Gasteiger partial charge in [0.05, 0.1) is 0 Å². The number of benzene rings is 2. The van der Waals surface area contributed by atoms with Crippen molar-refractivity contribution in [1.29, 1.82) is 0 Å². The molecule has 4 aliphatic carbocycles. The molecule has 1 heteroatoms. The highest BCUT2D eigenvalue weighted by molar-refractivity contribution is 6.67. The molecule has 2 aromatic rings. The summed E-state index contributed by atoms with van der Waals surface area (Å²) in [7, 11) is 0. The molecule has 0 unspecified atom stereocenters. The molecule has 0 aromatic heterocycles. The molecule has 2 saturated carbocycles. The molecule has 192 valence electrons. The SMILES string of the molecule is c1ccc2c(c1)-c1ccccc1C21CCC[C@H]2CC[C@@H]3[C@@H]4C(=C5CCCCCC[C@H]53)CCCCC[C@H]4B21. The van der Waals surface area contributed by atoms with Crippen molar-refractivity contribution in [2.24, 2.45) is 17.8 Å². The van der Waals surface area contributed by atoms with Crippen LogP contribution in [0.15, 0.2) is 59.7 Å². The third kappa shape index (κ3) is 3.34. The van der Waals surface area contributed by atoms with Crippen LogP contribution in [0.2, 0.25) is 11.6 Å². The summed E-state index contributed by atoms with van der Waals surface area (Å²) in [6, 6.07) is 19.3. The summed E-state index contributed by atoms with van der Waals surface area (Å²) in [5.41, 5.74) is 10.6. The normalized spacial score (nSPS) is 34.2. The van der Waals surface area contributed by atoms with Crippen molar-refractivity contribution in [1.82, 2.24) is 0 Å². The van der Waals surface area contributed by atoms with Crippen molar-refractivity contribution in [2.75, 3.05) is 0 Å². The van der Waals surface area contributed by atoms with E-state index in [-0.39, 0.29) is 5.31 Å². The van der Waals surface area contributed by atoms with Crippen LogP contribution < -0.4 is 0 Å². The minimum atomic E-state index is 0.256. The fraction of sp³-hybridized carbons (Fsp3) is 0.611. The fourth-order valence-electron chi connectivity index (χ4n) is 11.6. The molecule has 8 rings (SSSR count). The molecule has 0 nitrogen and oxygen atoms in total. The van der Waals surface area contributed by atoms with Crippen molar-refractivity contribution < 1.29 is 0 Å². The zero-order valence-electron chi connectivity index (χ0n) is 22.9. The Morgan fingerprint density at radius 1 is 0.595 bits per heavy atom. The molecule has 2 aromatic carbocycles. The largest absolute Gasteiger partial charge is 0.164 e. The Balaban J connectivity index is 1.33. The summed E-state index contributed by atoms with van der Waals surface area (Å²) >= 11 is 0. The van der Waals surface area contributed by atoms with Crippen LogP contribution in [0.25, 0.3) is 11.1 Å². The summed E-state index contributed by atoms with van der Waals surface area (Å²) in [5, 5.41) is 0.256. The van der Waals surface area contributed by atoms with Gasteiger partial charge in [-0.1, -0.05) is 129 Å². The second-order valence-electron chi connectivity index (χ2n) is 13.9. The second kappa shape index (κ2) is 9.17. The van der Waals surface area contributed by atoms with E-state index in [9.17, 15) is 0 Å². The van der Waals surface area contributed by atoms with E-state index in [0.717, 1.165) is 36.1 Å². The first kappa shape index (κ1) is 23.2. The molecule has 2 heterocycles. The molecule has 1 spiro atoms. The number of hydrogen-bond acceptors (Lipinski definition) is 0. The number of hydrogen-bond donors (Lipinski definition) is 0. The van der Waals surface area contributed by atoms with Gasteiger partial charge in [-0.05, 0) is 90.3 Å². The molecule has 0 N–H and O–H groups in total. The average molecular weight is 489 g/mol. The lowest BCUT2D eigenvalue weighted by atomic mass is 9.16. The lowest BCUT2D eigenvalue weighted by Crippen LogP contribution is -2.52. The Bertz CT molecular complexity index is 1160. The van der Waals surface area contributed by atoms with Gasteiger partial charge in [-0.25, -0.2) is 0 Å². The third-order valence-electron chi connectivity index (χ3n) is 12.6. The van der Waals surface area contributed by atoms with E-state index in [1.165, 1.54) is 103 Å². The molecule has 0 bridgehead atoms. The molecule has 2 aliphatic heterocycles. The van der Waals surface area contributed by atoms with Crippen LogP contribution >= 0.6 is 0 Å². The molecule has 6 aliphatic rings. The summed E-state index contributed by atoms with van der Waals surface area (Å²) < 4.78 is 0. The van der Waals surface area contributed by atoms with E-state index in [0.29, 0.717) is 0 Å². The third-order valence-corrected chi connectivity index (χ3v) is 12.6. The summed E-state index contributed by atoms with van der Waals surface area (Å²) in [5.74, 6) is 4.64. The van der Waals surface area contributed by atoms with E-state index in [2.05, 4.69) is 48.5 Å². The fourth-order valence-corrected chi connectivity index (χ4v) is 11.6. The van der Waals surface area contributed by atoms with Crippen molar-refractivity contribution in [2.45, 2.75) is 120 Å². The van der Waals surface area contributed by atoms with E-state index in [1.54, 1.807) is 22.3 Å². The lowest BCUT2D eigenvalue weighted by Gasteiger charge is -2.50. The zero-order chi connectivity index (χ0) is 24.4. The minimum absolute atomic E-state index is 0.256. The number of fused-ring (bicyclic) bond motifs is 10. The van der Waals surface area contributed by atoms with Gasteiger partial charge in [0.15, 0.2) is 6.71 Å². The smallest absolute Gasteiger partial charge is 0.0677 e. The summed E-state index contributed by atoms with van der Waals surface area (Å²) in [4.78, 5) is 0. The quantitative estimate of drug-likeness (QED) is 0.256. The van der Waals surface area contributed by atoms with Gasteiger partial charge >= 0.3 is 0 Å². The standard InChI is InChI=1S/C36H45B/c1-2-5-15-27-26(14-4-1)30-18-6-3-7-21-34-35(30)31(27)23-22-25-13-12-24-36(37(25)34)32-19-10-8-16-28(32)29-17-9-11-20-33(29)36/h8-11,16-17,19-20,25,27,31,34-35H,1-7,12-15,18,21-24H2/t25-,27+,31-,34+,35-/m0/s1. The van der Waals surface area contributed by atoms with E-state index >= 15 is 0 Å². The van der Waals surface area contributed by atoms with Gasteiger partial charge in [0.2, 0.25) is 0 Å².